The molecule has 126 valence electrons. The zero-order valence-electron chi connectivity index (χ0n) is 13.1. The zero-order valence-corrected chi connectivity index (χ0v) is 13.9. The van der Waals surface area contributed by atoms with Gasteiger partial charge in [0.15, 0.2) is 6.10 Å². The number of nitrogens with zero attached hydrogens (tertiary/aromatic N) is 1. The summed E-state index contributed by atoms with van der Waals surface area (Å²) in [5.74, 6) is -0.690. The van der Waals surface area contributed by atoms with Crippen molar-refractivity contribution >= 4 is 23.5 Å². The predicted molar refractivity (Wildman–Crippen MR) is 84.9 cm³/mol. The predicted octanol–water partition coefficient (Wildman–Crippen LogP) is 2.12. The van der Waals surface area contributed by atoms with Gasteiger partial charge in [0.05, 0.1) is 24.2 Å². The molecule has 1 aromatic carbocycles. The maximum atomic E-state index is 12.5. The summed E-state index contributed by atoms with van der Waals surface area (Å²) >= 11 is 6.08. The fourth-order valence-corrected chi connectivity index (χ4v) is 2.60. The van der Waals surface area contributed by atoms with E-state index in [1.165, 1.54) is 0 Å². The Morgan fingerprint density at radius 3 is 2.96 bits per heavy atom. The van der Waals surface area contributed by atoms with Gasteiger partial charge in [-0.1, -0.05) is 17.7 Å². The minimum atomic E-state index is -0.944. The van der Waals surface area contributed by atoms with Crippen molar-refractivity contribution in [3.05, 3.63) is 28.8 Å². The number of hydrogen-bond acceptors (Lipinski definition) is 4. The SMILES string of the molecule is Cc1ccc(Cl)c(O[C@@H](C)C(=O)N2CCO[C@H](CC(=O)O)C2)c1. The molecule has 0 radical (unpaired) electrons. The maximum absolute atomic E-state index is 12.5. The van der Waals surface area contributed by atoms with Gasteiger partial charge in [0.2, 0.25) is 0 Å². The minimum absolute atomic E-state index is 0.122. The molecule has 1 fully saturated rings. The van der Waals surface area contributed by atoms with Gasteiger partial charge in [0.1, 0.15) is 5.75 Å². The van der Waals surface area contributed by atoms with Crippen LogP contribution in [0.4, 0.5) is 0 Å². The van der Waals surface area contributed by atoms with Crippen LogP contribution in [0.15, 0.2) is 18.2 Å². The van der Waals surface area contributed by atoms with Crippen molar-refractivity contribution in [3.8, 4) is 5.75 Å². The average Bonchev–Trinajstić information content (AvgIpc) is 2.49. The van der Waals surface area contributed by atoms with Crippen molar-refractivity contribution in [1.82, 2.24) is 4.90 Å². The van der Waals surface area contributed by atoms with Crippen LogP contribution in [-0.2, 0) is 14.3 Å². The van der Waals surface area contributed by atoms with Crippen LogP contribution in [0, 0.1) is 6.92 Å². The molecule has 0 spiro atoms. The quantitative estimate of drug-likeness (QED) is 0.887. The average molecular weight is 342 g/mol. The van der Waals surface area contributed by atoms with Gasteiger partial charge in [-0.2, -0.15) is 0 Å². The molecule has 2 rings (SSSR count). The fourth-order valence-electron chi connectivity index (χ4n) is 2.44. The molecular weight excluding hydrogens is 322 g/mol. The van der Waals surface area contributed by atoms with Crippen molar-refractivity contribution in [3.63, 3.8) is 0 Å². The summed E-state index contributed by atoms with van der Waals surface area (Å²) in [4.78, 5) is 24.8. The molecule has 1 aromatic rings. The number of carbonyl (C=O) groups excluding carboxylic acids is 1. The number of halogens is 1. The number of carboxylic acids is 1. The van der Waals surface area contributed by atoms with Crippen molar-refractivity contribution in [2.75, 3.05) is 19.7 Å². The Balaban J connectivity index is 1.98. The number of amides is 1. The Morgan fingerprint density at radius 2 is 2.26 bits per heavy atom. The Morgan fingerprint density at radius 1 is 1.52 bits per heavy atom. The van der Waals surface area contributed by atoms with E-state index in [2.05, 4.69) is 0 Å². The van der Waals surface area contributed by atoms with Gasteiger partial charge in [-0.15, -0.1) is 0 Å². The molecule has 0 saturated carbocycles. The Hall–Kier alpha value is -1.79. The molecule has 6 nitrogen and oxygen atoms in total. The first kappa shape index (κ1) is 17.6. The van der Waals surface area contributed by atoms with E-state index < -0.39 is 18.2 Å². The Kier molecular flexibility index (Phi) is 5.85. The van der Waals surface area contributed by atoms with E-state index in [-0.39, 0.29) is 18.9 Å². The molecule has 7 heteroatoms. The van der Waals surface area contributed by atoms with E-state index in [1.54, 1.807) is 24.0 Å². The van der Waals surface area contributed by atoms with Gasteiger partial charge in [-0.3, -0.25) is 9.59 Å². The molecule has 0 bridgehead atoms. The summed E-state index contributed by atoms with van der Waals surface area (Å²) in [5, 5.41) is 9.27. The van der Waals surface area contributed by atoms with Crippen LogP contribution in [0.3, 0.4) is 0 Å². The van der Waals surface area contributed by atoms with Crippen molar-refractivity contribution in [2.45, 2.75) is 32.5 Å². The van der Waals surface area contributed by atoms with E-state index in [4.69, 9.17) is 26.2 Å². The lowest BCUT2D eigenvalue weighted by Gasteiger charge is -2.33. The van der Waals surface area contributed by atoms with Crippen LogP contribution in [0.25, 0.3) is 0 Å². The molecule has 0 aromatic heterocycles. The topological polar surface area (TPSA) is 76.1 Å². The molecule has 0 unspecified atom stereocenters. The zero-order chi connectivity index (χ0) is 17.0. The van der Waals surface area contributed by atoms with Crippen LogP contribution in [0.1, 0.15) is 18.9 Å². The summed E-state index contributed by atoms with van der Waals surface area (Å²) < 4.78 is 11.0. The highest BCUT2D eigenvalue weighted by atomic mass is 35.5. The second kappa shape index (κ2) is 7.66. The maximum Gasteiger partial charge on any atom is 0.306 e. The molecule has 2 atom stereocenters. The lowest BCUT2D eigenvalue weighted by Crippen LogP contribution is -2.50. The number of rotatable bonds is 5. The normalized spacial score (nSPS) is 19.3. The number of hydrogen-bond donors (Lipinski definition) is 1. The van der Waals surface area contributed by atoms with E-state index in [0.29, 0.717) is 23.9 Å². The van der Waals surface area contributed by atoms with E-state index in [9.17, 15) is 9.59 Å². The van der Waals surface area contributed by atoms with Crippen LogP contribution in [0.5, 0.6) is 5.75 Å². The molecular formula is C16H20ClNO5. The van der Waals surface area contributed by atoms with E-state index in [0.717, 1.165) is 5.56 Å². The van der Waals surface area contributed by atoms with Crippen LogP contribution in [-0.4, -0.2) is 53.8 Å². The third-order valence-corrected chi connectivity index (χ3v) is 3.90. The smallest absolute Gasteiger partial charge is 0.306 e. The summed E-state index contributed by atoms with van der Waals surface area (Å²) in [6.07, 6.45) is -1.32. The largest absolute Gasteiger partial charge is 0.481 e. The highest BCUT2D eigenvalue weighted by molar-refractivity contribution is 6.32. The van der Waals surface area contributed by atoms with Gasteiger partial charge >= 0.3 is 5.97 Å². The van der Waals surface area contributed by atoms with Gasteiger partial charge < -0.3 is 19.5 Å². The lowest BCUT2D eigenvalue weighted by atomic mass is 10.2. The summed E-state index contributed by atoms with van der Waals surface area (Å²) in [6, 6.07) is 5.36. The monoisotopic (exact) mass is 341 g/mol. The number of benzene rings is 1. The first-order valence-corrected chi connectivity index (χ1v) is 7.79. The molecule has 1 N–H and O–H groups in total. The number of morpholine rings is 1. The van der Waals surface area contributed by atoms with Crippen molar-refractivity contribution in [2.24, 2.45) is 0 Å². The van der Waals surface area contributed by atoms with Gasteiger partial charge in [-0.05, 0) is 31.5 Å². The van der Waals surface area contributed by atoms with Crippen LogP contribution < -0.4 is 4.74 Å². The summed E-state index contributed by atoms with van der Waals surface area (Å²) in [7, 11) is 0. The van der Waals surface area contributed by atoms with Crippen molar-refractivity contribution in [1.29, 1.82) is 0 Å². The van der Waals surface area contributed by atoms with Gasteiger partial charge in [0, 0.05) is 13.1 Å². The first-order valence-electron chi connectivity index (χ1n) is 7.42. The molecule has 0 aliphatic carbocycles. The summed E-state index contributed by atoms with van der Waals surface area (Å²) in [6.45, 7) is 4.56. The van der Waals surface area contributed by atoms with E-state index in [1.807, 2.05) is 13.0 Å². The Bertz CT molecular complexity index is 592. The standard InChI is InChI=1S/C16H20ClNO5/c1-10-3-4-13(17)14(7-10)23-11(2)16(21)18-5-6-22-12(9-18)8-15(19)20/h3-4,7,11-12H,5-6,8-9H2,1-2H3,(H,19,20)/t11-,12+/m0/s1. The lowest BCUT2D eigenvalue weighted by molar-refractivity contribution is -0.151. The molecule has 1 saturated heterocycles. The number of aliphatic carboxylic acids is 1. The molecule has 1 aliphatic rings. The fraction of sp³-hybridized carbons (Fsp3) is 0.500. The van der Waals surface area contributed by atoms with E-state index >= 15 is 0 Å². The number of aryl methyl sites for hydroxylation is 1. The highest BCUT2D eigenvalue weighted by Crippen LogP contribution is 2.26. The van der Waals surface area contributed by atoms with Crippen molar-refractivity contribution < 1.29 is 24.2 Å². The van der Waals surface area contributed by atoms with Crippen LogP contribution >= 0.6 is 11.6 Å². The van der Waals surface area contributed by atoms with Gasteiger partial charge in [0.25, 0.3) is 5.91 Å². The summed E-state index contributed by atoms with van der Waals surface area (Å²) in [5.41, 5.74) is 0.983. The molecule has 1 aliphatic heterocycles. The first-order chi connectivity index (χ1) is 10.9. The molecule has 1 amide bonds. The number of carboxylic acid groups (broad SMARTS) is 1. The van der Waals surface area contributed by atoms with Crippen LogP contribution in [0.2, 0.25) is 5.02 Å². The minimum Gasteiger partial charge on any atom is -0.481 e. The number of carbonyl (C=O) groups is 2. The second-order valence-corrected chi connectivity index (χ2v) is 5.98. The third-order valence-electron chi connectivity index (χ3n) is 3.59. The number of ether oxygens (including phenoxy) is 2. The molecule has 1 heterocycles. The second-order valence-electron chi connectivity index (χ2n) is 5.57. The Labute approximate surface area is 139 Å². The van der Waals surface area contributed by atoms with Gasteiger partial charge in [-0.25, -0.2) is 0 Å². The highest BCUT2D eigenvalue weighted by Gasteiger charge is 2.29. The molecule has 23 heavy (non-hydrogen) atoms. The third kappa shape index (κ3) is 4.84.